The van der Waals surface area contributed by atoms with Gasteiger partial charge in [0.25, 0.3) is 0 Å². The molecule has 2 aliphatic carbocycles. The van der Waals surface area contributed by atoms with Crippen molar-refractivity contribution in [3.05, 3.63) is 0 Å². The van der Waals surface area contributed by atoms with Crippen molar-refractivity contribution in [2.24, 2.45) is 35.0 Å². The summed E-state index contributed by atoms with van der Waals surface area (Å²) >= 11 is 0. The van der Waals surface area contributed by atoms with Gasteiger partial charge in [0, 0.05) is 19.6 Å². The van der Waals surface area contributed by atoms with Crippen LogP contribution in [0.4, 0.5) is 0 Å². The van der Waals surface area contributed by atoms with Gasteiger partial charge in [0.05, 0.1) is 13.2 Å². The van der Waals surface area contributed by atoms with Gasteiger partial charge in [-0.1, -0.05) is 59.3 Å². The van der Waals surface area contributed by atoms with Crippen molar-refractivity contribution in [2.75, 3.05) is 27.4 Å². The van der Waals surface area contributed by atoms with Gasteiger partial charge in [-0.15, -0.1) is 0 Å². The largest absolute Gasteiger partial charge is 0.384 e. The molecule has 0 saturated heterocycles. The first kappa shape index (κ1) is 21.2. The number of methoxy groups -OCH3 is 2. The van der Waals surface area contributed by atoms with E-state index in [0.29, 0.717) is 0 Å². The Balaban J connectivity index is 2.17. The fourth-order valence-electron chi connectivity index (χ4n) is 6.03. The average Bonchev–Trinajstić information content (AvgIpc) is 2.60. The van der Waals surface area contributed by atoms with E-state index >= 15 is 0 Å². The van der Waals surface area contributed by atoms with E-state index in [1.807, 2.05) is 14.2 Å². The number of ether oxygens (including phenoxy) is 2. The predicted molar refractivity (Wildman–Crippen MR) is 107 cm³/mol. The summed E-state index contributed by atoms with van der Waals surface area (Å²) in [6.07, 6.45) is 14.1. The Kier molecular flexibility index (Phi) is 8.75. The number of rotatable bonds is 9. The van der Waals surface area contributed by atoms with Crippen LogP contribution in [-0.4, -0.2) is 27.4 Å². The molecule has 0 radical (unpaired) electrons. The van der Waals surface area contributed by atoms with E-state index in [9.17, 15) is 0 Å². The molecular weight excluding hydrogens is 308 g/mol. The van der Waals surface area contributed by atoms with Crippen LogP contribution in [0.1, 0.15) is 85.0 Å². The van der Waals surface area contributed by atoms with Gasteiger partial charge in [-0.3, -0.25) is 0 Å². The van der Waals surface area contributed by atoms with Gasteiger partial charge in [0.1, 0.15) is 0 Å². The van der Waals surface area contributed by atoms with Crippen molar-refractivity contribution < 1.29 is 9.47 Å². The summed E-state index contributed by atoms with van der Waals surface area (Å²) in [6.45, 7) is 9.05. The molecule has 0 aromatic carbocycles. The van der Waals surface area contributed by atoms with Crippen molar-refractivity contribution in [3.8, 4) is 0 Å². The lowest BCUT2D eigenvalue weighted by Gasteiger charge is -2.49. The van der Waals surface area contributed by atoms with Crippen LogP contribution in [0.25, 0.3) is 0 Å². The Morgan fingerprint density at radius 1 is 0.920 bits per heavy atom. The van der Waals surface area contributed by atoms with Gasteiger partial charge in [-0.25, -0.2) is 0 Å². The van der Waals surface area contributed by atoms with Crippen molar-refractivity contribution in [2.45, 2.75) is 85.0 Å². The molecular formula is C23H44O2. The Bertz CT molecular complexity index is 353. The van der Waals surface area contributed by atoms with Gasteiger partial charge in [0.2, 0.25) is 0 Å². The Morgan fingerprint density at radius 3 is 2.12 bits per heavy atom. The minimum Gasteiger partial charge on any atom is -0.384 e. The molecule has 2 fully saturated rings. The zero-order valence-electron chi connectivity index (χ0n) is 17.7. The lowest BCUT2D eigenvalue weighted by atomic mass is 9.57. The van der Waals surface area contributed by atoms with Crippen LogP contribution in [0.5, 0.6) is 0 Å². The normalized spacial score (nSPS) is 29.3. The monoisotopic (exact) mass is 352 g/mol. The minimum absolute atomic E-state index is 0.213. The minimum atomic E-state index is 0.213. The molecule has 2 saturated carbocycles. The van der Waals surface area contributed by atoms with E-state index in [-0.39, 0.29) is 5.41 Å². The van der Waals surface area contributed by atoms with Gasteiger partial charge in [0.15, 0.2) is 0 Å². The zero-order chi connectivity index (χ0) is 18.3. The molecule has 2 rings (SSSR count). The topological polar surface area (TPSA) is 18.5 Å². The number of hydrogen-bond acceptors (Lipinski definition) is 2. The first-order chi connectivity index (χ1) is 12.0. The first-order valence-corrected chi connectivity index (χ1v) is 11.0. The third kappa shape index (κ3) is 5.70. The molecule has 0 amide bonds. The molecule has 148 valence electrons. The molecule has 0 heterocycles. The zero-order valence-corrected chi connectivity index (χ0v) is 17.7. The lowest BCUT2D eigenvalue weighted by Crippen LogP contribution is -2.47. The maximum absolute atomic E-state index is 5.84. The summed E-state index contributed by atoms with van der Waals surface area (Å²) in [5, 5.41) is 0. The smallest absolute Gasteiger partial charge is 0.0543 e. The fraction of sp³-hybridized carbons (Fsp3) is 1.00. The molecule has 0 bridgehead atoms. The van der Waals surface area contributed by atoms with E-state index < -0.39 is 0 Å². The first-order valence-electron chi connectivity index (χ1n) is 11.0. The second-order valence-electron chi connectivity index (χ2n) is 9.70. The Hall–Kier alpha value is -0.0800. The molecule has 3 unspecified atom stereocenters. The highest BCUT2D eigenvalue weighted by atomic mass is 16.5. The highest BCUT2D eigenvalue weighted by Crippen LogP contribution is 2.50. The van der Waals surface area contributed by atoms with Crippen LogP contribution in [0, 0.1) is 35.0 Å². The summed E-state index contributed by atoms with van der Waals surface area (Å²) in [7, 11) is 3.78. The van der Waals surface area contributed by atoms with Crippen LogP contribution in [0.3, 0.4) is 0 Å². The molecule has 0 aromatic rings. The van der Waals surface area contributed by atoms with Crippen molar-refractivity contribution in [1.29, 1.82) is 0 Å². The van der Waals surface area contributed by atoms with Gasteiger partial charge in [-0.2, -0.15) is 0 Å². The molecule has 0 aliphatic heterocycles. The van der Waals surface area contributed by atoms with E-state index in [0.717, 1.165) is 42.8 Å². The Morgan fingerprint density at radius 2 is 1.56 bits per heavy atom. The van der Waals surface area contributed by atoms with Crippen LogP contribution >= 0.6 is 0 Å². The standard InChI is InChI=1S/C23H44O2/c1-18(2)21-12-11-19(3)15-22(21)23(16-24-4,17-25-5)14-13-20-9-7-6-8-10-20/h18-22H,6-17H2,1-5H3. The third-order valence-electron chi connectivity index (χ3n) is 7.45. The molecule has 2 aliphatic rings. The van der Waals surface area contributed by atoms with Crippen LogP contribution in [0.15, 0.2) is 0 Å². The number of hydrogen-bond donors (Lipinski definition) is 0. The van der Waals surface area contributed by atoms with Crippen LogP contribution < -0.4 is 0 Å². The van der Waals surface area contributed by atoms with Gasteiger partial charge < -0.3 is 9.47 Å². The molecule has 3 atom stereocenters. The Labute approximate surface area is 157 Å². The van der Waals surface area contributed by atoms with Gasteiger partial charge in [-0.05, 0) is 55.3 Å². The second-order valence-corrected chi connectivity index (χ2v) is 9.70. The quantitative estimate of drug-likeness (QED) is 0.482. The molecule has 0 aromatic heterocycles. The SMILES string of the molecule is COCC(CCC1CCCCC1)(COC)C1CC(C)CCC1C(C)C. The summed E-state index contributed by atoms with van der Waals surface area (Å²) < 4.78 is 11.7. The van der Waals surface area contributed by atoms with Crippen LogP contribution in [0.2, 0.25) is 0 Å². The second kappa shape index (κ2) is 10.3. The molecule has 0 spiro atoms. The maximum Gasteiger partial charge on any atom is 0.0543 e. The highest BCUT2D eigenvalue weighted by molar-refractivity contribution is 4.95. The third-order valence-corrected chi connectivity index (χ3v) is 7.45. The summed E-state index contributed by atoms with van der Waals surface area (Å²) in [5.41, 5.74) is 0.213. The summed E-state index contributed by atoms with van der Waals surface area (Å²) in [5.74, 6) is 4.14. The highest BCUT2D eigenvalue weighted by Gasteiger charge is 2.46. The van der Waals surface area contributed by atoms with Crippen molar-refractivity contribution in [3.63, 3.8) is 0 Å². The van der Waals surface area contributed by atoms with E-state index in [2.05, 4.69) is 20.8 Å². The van der Waals surface area contributed by atoms with E-state index in [1.54, 1.807) is 0 Å². The fourth-order valence-corrected chi connectivity index (χ4v) is 6.03. The van der Waals surface area contributed by atoms with E-state index in [4.69, 9.17) is 9.47 Å². The molecule has 2 heteroatoms. The molecule has 2 nitrogen and oxygen atoms in total. The maximum atomic E-state index is 5.84. The van der Waals surface area contributed by atoms with Crippen LogP contribution in [-0.2, 0) is 9.47 Å². The van der Waals surface area contributed by atoms with Gasteiger partial charge >= 0.3 is 0 Å². The predicted octanol–water partition coefficient (Wildman–Crippen LogP) is 6.33. The average molecular weight is 353 g/mol. The molecule has 0 N–H and O–H groups in total. The van der Waals surface area contributed by atoms with E-state index in [1.165, 1.54) is 64.2 Å². The molecule has 25 heavy (non-hydrogen) atoms. The van der Waals surface area contributed by atoms with Crippen molar-refractivity contribution in [1.82, 2.24) is 0 Å². The summed E-state index contributed by atoms with van der Waals surface area (Å²) in [4.78, 5) is 0. The lowest BCUT2D eigenvalue weighted by molar-refractivity contribution is -0.0830. The summed E-state index contributed by atoms with van der Waals surface area (Å²) in [6, 6.07) is 0. The van der Waals surface area contributed by atoms with Crippen molar-refractivity contribution >= 4 is 0 Å².